The molecule has 182 valence electrons. The number of rotatable bonds is 9. The molecule has 8 nitrogen and oxygen atoms in total. The average Bonchev–Trinajstić information content (AvgIpc) is 3.39. The summed E-state index contributed by atoms with van der Waals surface area (Å²) < 4.78 is 28.4. The zero-order valence-corrected chi connectivity index (χ0v) is 20.2. The van der Waals surface area contributed by atoms with E-state index in [-0.39, 0.29) is 36.8 Å². The van der Waals surface area contributed by atoms with E-state index in [4.69, 9.17) is 23.7 Å². The standard InChI is InChI=1S/C25H34O8/c1-14(2)7-20(26)29-11-17-12-30-24(33-22(28)9-16(5)6)23-18(17)10-19(25(23)13-31-25)32-21(27)8-15(3)4/h9-10,12,14-15,19,23-24H,7-8,11,13H2,1-6H3/t19-,23+,24-,25+/m0/s1. The number of ether oxygens (including phenoxy) is 5. The number of allylic oxidation sites excluding steroid dienone is 1. The van der Waals surface area contributed by atoms with Crippen LogP contribution in [0.25, 0.3) is 0 Å². The fraction of sp³-hybridized carbons (Fsp3) is 0.640. The van der Waals surface area contributed by atoms with Crippen molar-refractivity contribution in [3.8, 4) is 0 Å². The molecule has 0 N–H and O–H groups in total. The first kappa shape index (κ1) is 25.0. The Kier molecular flexibility index (Phi) is 7.67. The van der Waals surface area contributed by atoms with Crippen LogP contribution in [0.3, 0.4) is 0 Å². The molecule has 1 saturated heterocycles. The molecule has 0 unspecified atom stereocenters. The Morgan fingerprint density at radius 1 is 1.09 bits per heavy atom. The van der Waals surface area contributed by atoms with Crippen LogP contribution < -0.4 is 0 Å². The minimum Gasteiger partial charge on any atom is -0.461 e. The fourth-order valence-corrected chi connectivity index (χ4v) is 4.06. The Hall–Kier alpha value is -2.61. The summed E-state index contributed by atoms with van der Waals surface area (Å²) in [5.41, 5.74) is 1.31. The molecule has 2 aliphatic heterocycles. The summed E-state index contributed by atoms with van der Waals surface area (Å²) in [7, 11) is 0. The molecule has 0 aromatic carbocycles. The van der Waals surface area contributed by atoms with E-state index >= 15 is 0 Å². The van der Waals surface area contributed by atoms with E-state index in [1.165, 1.54) is 12.3 Å². The van der Waals surface area contributed by atoms with Gasteiger partial charge in [-0.3, -0.25) is 9.59 Å². The highest BCUT2D eigenvalue weighted by molar-refractivity contribution is 5.82. The van der Waals surface area contributed by atoms with Crippen LogP contribution in [0.15, 0.2) is 35.1 Å². The van der Waals surface area contributed by atoms with Crippen molar-refractivity contribution < 1.29 is 38.1 Å². The summed E-state index contributed by atoms with van der Waals surface area (Å²) >= 11 is 0. The highest BCUT2D eigenvalue weighted by Crippen LogP contribution is 2.54. The molecule has 2 heterocycles. The highest BCUT2D eigenvalue weighted by Gasteiger charge is 2.67. The molecule has 0 radical (unpaired) electrons. The molecule has 0 aromatic rings. The van der Waals surface area contributed by atoms with Gasteiger partial charge < -0.3 is 23.7 Å². The number of epoxide rings is 1. The van der Waals surface area contributed by atoms with Crippen molar-refractivity contribution in [3.63, 3.8) is 0 Å². The van der Waals surface area contributed by atoms with E-state index < -0.39 is 29.9 Å². The van der Waals surface area contributed by atoms with Crippen molar-refractivity contribution in [2.24, 2.45) is 17.8 Å². The van der Waals surface area contributed by atoms with Crippen molar-refractivity contribution >= 4 is 17.9 Å². The Morgan fingerprint density at radius 2 is 1.73 bits per heavy atom. The third-order valence-corrected chi connectivity index (χ3v) is 5.57. The van der Waals surface area contributed by atoms with Gasteiger partial charge in [-0.15, -0.1) is 0 Å². The lowest BCUT2D eigenvalue weighted by Gasteiger charge is -2.33. The molecule has 0 aromatic heterocycles. The van der Waals surface area contributed by atoms with Crippen molar-refractivity contribution in [1.82, 2.24) is 0 Å². The van der Waals surface area contributed by atoms with Crippen molar-refractivity contribution in [3.05, 3.63) is 35.1 Å². The van der Waals surface area contributed by atoms with E-state index in [0.29, 0.717) is 18.6 Å². The maximum atomic E-state index is 12.4. The number of hydrogen-bond donors (Lipinski definition) is 0. The first-order valence-electron chi connectivity index (χ1n) is 11.4. The second kappa shape index (κ2) is 10.1. The van der Waals surface area contributed by atoms with Crippen molar-refractivity contribution in [2.75, 3.05) is 13.2 Å². The molecule has 0 amide bonds. The van der Waals surface area contributed by atoms with Gasteiger partial charge >= 0.3 is 17.9 Å². The van der Waals surface area contributed by atoms with Crippen molar-refractivity contribution in [1.29, 1.82) is 0 Å². The van der Waals surface area contributed by atoms with Gasteiger partial charge in [0.2, 0.25) is 0 Å². The molecule has 4 atom stereocenters. The molecule has 33 heavy (non-hydrogen) atoms. The van der Waals surface area contributed by atoms with Gasteiger partial charge in [0.25, 0.3) is 6.29 Å². The van der Waals surface area contributed by atoms with Gasteiger partial charge in [-0.25, -0.2) is 4.79 Å². The molecule has 0 bridgehead atoms. The largest absolute Gasteiger partial charge is 0.461 e. The highest BCUT2D eigenvalue weighted by atomic mass is 16.7. The van der Waals surface area contributed by atoms with Gasteiger partial charge in [-0.2, -0.15) is 0 Å². The summed E-state index contributed by atoms with van der Waals surface area (Å²) in [5, 5.41) is 0. The molecule has 1 fully saturated rings. The Labute approximate surface area is 194 Å². The number of fused-ring (bicyclic) bond motifs is 2. The molecule has 3 rings (SSSR count). The number of hydrogen-bond acceptors (Lipinski definition) is 8. The van der Waals surface area contributed by atoms with E-state index in [9.17, 15) is 14.4 Å². The van der Waals surface area contributed by atoms with E-state index in [0.717, 1.165) is 11.1 Å². The molecule has 1 aliphatic carbocycles. The van der Waals surface area contributed by atoms with Crippen LogP contribution in [-0.2, 0) is 38.1 Å². The molecular formula is C25H34O8. The number of carbonyl (C=O) groups is 3. The molecular weight excluding hydrogens is 428 g/mol. The zero-order valence-electron chi connectivity index (χ0n) is 20.2. The second-order valence-corrected chi connectivity index (χ2v) is 9.92. The summed E-state index contributed by atoms with van der Waals surface area (Å²) in [6.45, 7) is 11.7. The number of esters is 3. The summed E-state index contributed by atoms with van der Waals surface area (Å²) in [4.78, 5) is 36.8. The lowest BCUT2D eigenvalue weighted by Crippen LogP contribution is -2.44. The quantitative estimate of drug-likeness (QED) is 0.222. The Bertz CT molecular complexity index is 871. The van der Waals surface area contributed by atoms with Gasteiger partial charge in [0.15, 0.2) is 6.10 Å². The molecule has 3 aliphatic rings. The smallest absolute Gasteiger partial charge is 0.333 e. The van der Waals surface area contributed by atoms with Crippen molar-refractivity contribution in [2.45, 2.75) is 72.4 Å². The predicted molar refractivity (Wildman–Crippen MR) is 118 cm³/mol. The lowest BCUT2D eigenvalue weighted by molar-refractivity contribution is -0.180. The van der Waals surface area contributed by atoms with Gasteiger partial charge in [-0.05, 0) is 37.3 Å². The average molecular weight is 463 g/mol. The van der Waals surface area contributed by atoms with Gasteiger partial charge in [0.1, 0.15) is 12.2 Å². The predicted octanol–water partition coefficient (Wildman–Crippen LogP) is 3.61. The second-order valence-electron chi connectivity index (χ2n) is 9.92. The normalized spacial score (nSPS) is 27.3. The first-order valence-corrected chi connectivity index (χ1v) is 11.4. The van der Waals surface area contributed by atoms with E-state index in [2.05, 4.69) is 0 Å². The Balaban J connectivity index is 1.83. The van der Waals surface area contributed by atoms with Gasteiger partial charge in [0, 0.05) is 24.5 Å². The molecule has 8 heteroatoms. The van der Waals surface area contributed by atoms with Crippen LogP contribution in [0, 0.1) is 17.8 Å². The van der Waals surface area contributed by atoms with E-state index in [1.807, 2.05) is 33.8 Å². The number of carbonyl (C=O) groups excluding carboxylic acids is 3. The van der Waals surface area contributed by atoms with E-state index in [1.54, 1.807) is 13.8 Å². The SMILES string of the molecule is CC(C)=CC(=O)O[C@@H]1OC=C(COC(=O)CC(C)C)C2=C[C@H](OC(=O)CC(C)C)[C@]3(CO3)[C@H]21. The maximum absolute atomic E-state index is 12.4. The topological polar surface area (TPSA) is 101 Å². The lowest BCUT2D eigenvalue weighted by atomic mass is 9.85. The monoisotopic (exact) mass is 462 g/mol. The zero-order chi connectivity index (χ0) is 24.3. The Morgan fingerprint density at radius 3 is 2.30 bits per heavy atom. The van der Waals surface area contributed by atoms with Crippen LogP contribution in [0.5, 0.6) is 0 Å². The summed E-state index contributed by atoms with van der Waals surface area (Å²) in [6, 6.07) is 0. The van der Waals surface area contributed by atoms with Crippen LogP contribution in [0.1, 0.15) is 54.4 Å². The molecule has 0 saturated carbocycles. The minimum atomic E-state index is -0.953. The van der Waals surface area contributed by atoms with Crippen LogP contribution in [0.4, 0.5) is 0 Å². The van der Waals surface area contributed by atoms with Gasteiger partial charge in [0.05, 0.1) is 18.8 Å². The third-order valence-electron chi connectivity index (χ3n) is 5.57. The van der Waals surface area contributed by atoms with Crippen LogP contribution in [-0.4, -0.2) is 49.1 Å². The van der Waals surface area contributed by atoms with Gasteiger partial charge in [-0.1, -0.05) is 33.3 Å². The first-order chi connectivity index (χ1) is 15.5. The van der Waals surface area contributed by atoms with Crippen LogP contribution in [0.2, 0.25) is 0 Å². The third kappa shape index (κ3) is 6.05. The van der Waals surface area contributed by atoms with Crippen LogP contribution >= 0.6 is 0 Å². The summed E-state index contributed by atoms with van der Waals surface area (Å²) in [6.07, 6.45) is 3.63. The summed E-state index contributed by atoms with van der Waals surface area (Å²) in [5.74, 6) is -1.34. The maximum Gasteiger partial charge on any atom is 0.333 e. The fourth-order valence-electron chi connectivity index (χ4n) is 4.06. The molecule has 1 spiro atoms. The minimum absolute atomic E-state index is 0.00522.